The lowest BCUT2D eigenvalue weighted by atomic mass is 10.1. The van der Waals surface area contributed by atoms with Gasteiger partial charge >= 0.3 is 0 Å². The highest BCUT2D eigenvalue weighted by molar-refractivity contribution is 6.30. The van der Waals surface area contributed by atoms with Crippen LogP contribution in [0.4, 0.5) is 0 Å². The van der Waals surface area contributed by atoms with Crippen LogP contribution in [0, 0.1) is 0 Å². The number of hydrogen-bond donors (Lipinski definition) is 1. The molecule has 1 aliphatic rings. The quantitative estimate of drug-likeness (QED) is 0.780. The molecule has 1 unspecified atom stereocenters. The highest BCUT2D eigenvalue weighted by atomic mass is 35.5. The first-order valence-electron chi connectivity index (χ1n) is 8.07. The van der Waals surface area contributed by atoms with Gasteiger partial charge in [-0.3, -0.25) is 9.69 Å². The van der Waals surface area contributed by atoms with Crippen molar-refractivity contribution >= 4 is 42.3 Å². The van der Waals surface area contributed by atoms with Crippen molar-refractivity contribution in [2.45, 2.75) is 32.4 Å². The van der Waals surface area contributed by atoms with Gasteiger partial charge in [0.15, 0.2) is 0 Å². The number of carbonyl (C=O) groups is 1. The fourth-order valence-electron chi connectivity index (χ4n) is 2.78. The van der Waals surface area contributed by atoms with E-state index in [2.05, 4.69) is 4.90 Å². The number of nitrogens with zero attached hydrogens (tertiary/aromatic N) is 2. The molecule has 5 nitrogen and oxygen atoms in total. The number of halogens is 3. The van der Waals surface area contributed by atoms with Gasteiger partial charge in [-0.15, -0.1) is 24.8 Å². The molecule has 0 aromatic heterocycles. The third-order valence-electron chi connectivity index (χ3n) is 4.17. The molecule has 0 bridgehead atoms. The molecule has 8 heteroatoms. The second-order valence-corrected chi connectivity index (χ2v) is 6.57. The van der Waals surface area contributed by atoms with E-state index in [0.717, 1.165) is 50.5 Å². The van der Waals surface area contributed by atoms with E-state index in [0.29, 0.717) is 11.4 Å². The van der Waals surface area contributed by atoms with Crippen molar-refractivity contribution in [3.05, 3.63) is 28.8 Å². The van der Waals surface area contributed by atoms with E-state index >= 15 is 0 Å². The van der Waals surface area contributed by atoms with Gasteiger partial charge in [0.05, 0.1) is 7.11 Å². The van der Waals surface area contributed by atoms with Crippen LogP contribution in [0.5, 0.6) is 5.75 Å². The normalized spacial score (nSPS) is 15.8. The average Bonchev–Trinajstić information content (AvgIpc) is 2.53. The van der Waals surface area contributed by atoms with Crippen molar-refractivity contribution in [1.29, 1.82) is 0 Å². The van der Waals surface area contributed by atoms with E-state index in [-0.39, 0.29) is 36.8 Å². The van der Waals surface area contributed by atoms with Gasteiger partial charge in [0.2, 0.25) is 5.91 Å². The van der Waals surface area contributed by atoms with Crippen LogP contribution in [0.25, 0.3) is 0 Å². The monoisotopic (exact) mass is 411 g/mol. The van der Waals surface area contributed by atoms with Gasteiger partial charge < -0.3 is 15.4 Å². The summed E-state index contributed by atoms with van der Waals surface area (Å²) in [6.45, 7) is 5.97. The van der Waals surface area contributed by atoms with Crippen LogP contribution in [0.2, 0.25) is 5.02 Å². The Bertz CT molecular complexity index is 536. The zero-order chi connectivity index (χ0) is 16.8. The second kappa shape index (κ2) is 11.8. The Morgan fingerprint density at radius 3 is 2.48 bits per heavy atom. The first-order chi connectivity index (χ1) is 11.0. The molecule has 25 heavy (non-hydrogen) atoms. The number of hydrogen-bond acceptors (Lipinski definition) is 4. The zero-order valence-electron chi connectivity index (χ0n) is 14.7. The number of carbonyl (C=O) groups excluding carboxylic acids is 1. The maximum atomic E-state index is 12.1. The molecular weight excluding hydrogens is 385 g/mol. The lowest BCUT2D eigenvalue weighted by molar-refractivity contribution is -0.133. The topological polar surface area (TPSA) is 58.8 Å². The van der Waals surface area contributed by atoms with Gasteiger partial charge in [0.25, 0.3) is 0 Å². The molecule has 2 N–H and O–H groups in total. The predicted octanol–water partition coefficient (Wildman–Crippen LogP) is 2.96. The molecule has 1 fully saturated rings. The van der Waals surface area contributed by atoms with E-state index < -0.39 is 0 Å². The van der Waals surface area contributed by atoms with Crippen molar-refractivity contribution in [3.63, 3.8) is 0 Å². The molecule has 1 aliphatic heterocycles. The molecule has 1 amide bonds. The summed E-state index contributed by atoms with van der Waals surface area (Å²) in [6, 6.07) is 5.75. The minimum absolute atomic E-state index is 0. The number of rotatable bonds is 6. The minimum atomic E-state index is 0. The summed E-state index contributed by atoms with van der Waals surface area (Å²) in [4.78, 5) is 16.4. The van der Waals surface area contributed by atoms with Crippen molar-refractivity contribution in [2.24, 2.45) is 5.73 Å². The SMILES string of the molecule is COc1ccc(Cl)cc1CN1CCN(C(=O)CCC(C)N)CC1.Cl.Cl. The largest absolute Gasteiger partial charge is 0.496 e. The lowest BCUT2D eigenvalue weighted by Crippen LogP contribution is -2.48. The maximum Gasteiger partial charge on any atom is 0.222 e. The fraction of sp³-hybridized carbons (Fsp3) is 0.588. The molecule has 1 aromatic carbocycles. The van der Waals surface area contributed by atoms with Crippen LogP contribution < -0.4 is 10.5 Å². The first-order valence-corrected chi connectivity index (χ1v) is 8.45. The van der Waals surface area contributed by atoms with Crippen molar-refractivity contribution in [2.75, 3.05) is 33.3 Å². The predicted molar refractivity (Wildman–Crippen MR) is 107 cm³/mol. The molecule has 1 heterocycles. The summed E-state index contributed by atoms with van der Waals surface area (Å²) in [5.74, 6) is 1.06. The molecule has 1 aromatic rings. The highest BCUT2D eigenvalue weighted by Crippen LogP contribution is 2.24. The third kappa shape index (κ3) is 7.59. The lowest BCUT2D eigenvalue weighted by Gasteiger charge is -2.35. The first kappa shape index (κ1) is 24.3. The number of nitrogens with two attached hydrogens (primary N) is 1. The van der Waals surface area contributed by atoms with Crippen molar-refractivity contribution in [3.8, 4) is 5.75 Å². The molecule has 2 rings (SSSR count). The minimum Gasteiger partial charge on any atom is -0.496 e. The van der Waals surface area contributed by atoms with E-state index in [1.807, 2.05) is 30.0 Å². The van der Waals surface area contributed by atoms with Crippen molar-refractivity contribution in [1.82, 2.24) is 9.80 Å². The number of methoxy groups -OCH3 is 1. The summed E-state index contributed by atoms with van der Waals surface area (Å²) in [6.07, 6.45) is 1.29. The Hall–Kier alpha value is -0.720. The van der Waals surface area contributed by atoms with E-state index in [4.69, 9.17) is 22.1 Å². The summed E-state index contributed by atoms with van der Waals surface area (Å²) >= 11 is 6.08. The maximum absolute atomic E-state index is 12.1. The third-order valence-corrected chi connectivity index (χ3v) is 4.41. The van der Waals surface area contributed by atoms with Crippen LogP contribution >= 0.6 is 36.4 Å². The van der Waals surface area contributed by atoms with Gasteiger partial charge in [-0.05, 0) is 31.5 Å². The number of ether oxygens (including phenoxy) is 1. The van der Waals surface area contributed by atoms with Crippen LogP contribution in [-0.4, -0.2) is 55.0 Å². The number of benzene rings is 1. The van der Waals surface area contributed by atoms with Gasteiger partial charge in [0, 0.05) is 55.8 Å². The molecule has 1 saturated heterocycles. The Balaban J connectivity index is 0.00000288. The van der Waals surface area contributed by atoms with Crippen molar-refractivity contribution < 1.29 is 9.53 Å². The standard InChI is InChI=1S/C17H26ClN3O2.2ClH/c1-13(19)3-6-17(22)21-9-7-20(8-10-21)12-14-11-15(18)4-5-16(14)23-2;;/h4-5,11,13H,3,6-10,12,19H2,1-2H3;2*1H. The van der Waals surface area contributed by atoms with E-state index in [1.165, 1.54) is 0 Å². The van der Waals surface area contributed by atoms with Crippen LogP contribution in [0.1, 0.15) is 25.3 Å². The number of amides is 1. The summed E-state index contributed by atoms with van der Waals surface area (Å²) in [7, 11) is 1.67. The highest BCUT2D eigenvalue weighted by Gasteiger charge is 2.21. The van der Waals surface area contributed by atoms with Gasteiger partial charge in [-0.25, -0.2) is 0 Å². The van der Waals surface area contributed by atoms with Gasteiger partial charge in [-0.2, -0.15) is 0 Å². The molecule has 1 atom stereocenters. The van der Waals surface area contributed by atoms with Gasteiger partial charge in [0.1, 0.15) is 5.75 Å². The van der Waals surface area contributed by atoms with E-state index in [9.17, 15) is 4.79 Å². The van der Waals surface area contributed by atoms with E-state index in [1.54, 1.807) is 7.11 Å². The van der Waals surface area contributed by atoms with Crippen LogP contribution in [0.3, 0.4) is 0 Å². The number of piperazine rings is 1. The van der Waals surface area contributed by atoms with Gasteiger partial charge in [-0.1, -0.05) is 11.6 Å². The van der Waals surface area contributed by atoms with Crippen LogP contribution in [-0.2, 0) is 11.3 Å². The zero-order valence-corrected chi connectivity index (χ0v) is 17.1. The molecular formula is C17H28Cl3N3O2. The Labute approximate surface area is 167 Å². The molecule has 0 saturated carbocycles. The Kier molecular flexibility index (Phi) is 11.5. The summed E-state index contributed by atoms with van der Waals surface area (Å²) in [5, 5.41) is 0.713. The summed E-state index contributed by atoms with van der Waals surface area (Å²) in [5.41, 5.74) is 6.80. The molecule has 144 valence electrons. The Morgan fingerprint density at radius 2 is 1.92 bits per heavy atom. The van der Waals surface area contributed by atoms with Crippen LogP contribution in [0.15, 0.2) is 18.2 Å². The summed E-state index contributed by atoms with van der Waals surface area (Å²) < 4.78 is 5.39. The fourth-order valence-corrected chi connectivity index (χ4v) is 2.97. The second-order valence-electron chi connectivity index (χ2n) is 6.13. The Morgan fingerprint density at radius 1 is 1.28 bits per heavy atom. The molecule has 0 aliphatic carbocycles. The average molecular weight is 413 g/mol. The smallest absolute Gasteiger partial charge is 0.222 e. The molecule has 0 radical (unpaired) electrons. The molecule has 0 spiro atoms.